The molecule has 19 heavy (non-hydrogen) atoms. The van der Waals surface area contributed by atoms with Crippen molar-refractivity contribution in [1.82, 2.24) is 5.32 Å². The van der Waals surface area contributed by atoms with Gasteiger partial charge in [-0.15, -0.1) is 0 Å². The van der Waals surface area contributed by atoms with Gasteiger partial charge < -0.3 is 10.4 Å². The molecular formula is C17H27NO. The third-order valence-corrected chi connectivity index (χ3v) is 3.92. The van der Waals surface area contributed by atoms with Crippen LogP contribution in [0.5, 0.6) is 0 Å². The Morgan fingerprint density at radius 1 is 1.16 bits per heavy atom. The lowest BCUT2D eigenvalue weighted by molar-refractivity contribution is 0.145. The third kappa shape index (κ3) is 4.63. The molecule has 1 aliphatic rings. The van der Waals surface area contributed by atoms with E-state index in [9.17, 15) is 5.11 Å². The van der Waals surface area contributed by atoms with Crippen LogP contribution in [0.2, 0.25) is 0 Å². The molecule has 1 saturated carbocycles. The molecule has 2 unspecified atom stereocenters. The van der Waals surface area contributed by atoms with Gasteiger partial charge in [-0.2, -0.15) is 0 Å². The van der Waals surface area contributed by atoms with Crippen LogP contribution in [0.3, 0.4) is 0 Å². The summed E-state index contributed by atoms with van der Waals surface area (Å²) >= 11 is 0. The Morgan fingerprint density at radius 3 is 2.32 bits per heavy atom. The normalized spacial score (nSPS) is 18.6. The second-order valence-corrected chi connectivity index (χ2v) is 6.37. The number of benzene rings is 1. The lowest BCUT2D eigenvalue weighted by Gasteiger charge is -2.17. The van der Waals surface area contributed by atoms with Crippen molar-refractivity contribution >= 4 is 0 Å². The molecule has 1 aliphatic carbocycles. The first kappa shape index (κ1) is 14.5. The summed E-state index contributed by atoms with van der Waals surface area (Å²) in [5, 5.41) is 13.3. The molecule has 0 saturated heterocycles. The maximum Gasteiger partial charge on any atom is 0.0692 e. The number of hydrogen-bond donors (Lipinski definition) is 2. The smallest absolute Gasteiger partial charge is 0.0692 e. The predicted octanol–water partition coefficient (Wildman–Crippen LogP) is 3.31. The van der Waals surface area contributed by atoms with E-state index in [2.05, 4.69) is 50.4 Å². The quantitative estimate of drug-likeness (QED) is 0.789. The van der Waals surface area contributed by atoms with Crippen LogP contribution in [0.25, 0.3) is 0 Å². The molecule has 0 heterocycles. The van der Waals surface area contributed by atoms with Crippen LogP contribution in [0, 0.1) is 11.8 Å². The summed E-state index contributed by atoms with van der Waals surface area (Å²) in [7, 11) is 0. The minimum atomic E-state index is -0.164. The number of hydrogen-bond acceptors (Lipinski definition) is 2. The molecule has 0 amide bonds. The van der Waals surface area contributed by atoms with Crippen LogP contribution < -0.4 is 5.32 Å². The molecule has 2 nitrogen and oxygen atoms in total. The Labute approximate surface area is 117 Å². The molecule has 2 atom stereocenters. The van der Waals surface area contributed by atoms with E-state index in [-0.39, 0.29) is 6.10 Å². The lowest BCUT2D eigenvalue weighted by Crippen LogP contribution is -2.30. The van der Waals surface area contributed by atoms with Crippen molar-refractivity contribution in [2.75, 3.05) is 6.54 Å². The highest BCUT2D eigenvalue weighted by Crippen LogP contribution is 2.32. The second kappa shape index (κ2) is 6.53. The van der Waals surface area contributed by atoms with Crippen LogP contribution in [-0.2, 0) is 6.42 Å². The Hall–Kier alpha value is -0.860. The fraction of sp³-hybridized carbons (Fsp3) is 0.647. The van der Waals surface area contributed by atoms with Crippen molar-refractivity contribution in [1.29, 1.82) is 0 Å². The third-order valence-electron chi connectivity index (χ3n) is 3.92. The standard InChI is InChI=1S/C17H27NO/c1-12(2)10-14-4-6-15(7-5-14)13(3)18-11-17(19)16-8-9-16/h4-7,12-13,16-19H,8-11H2,1-3H3. The van der Waals surface area contributed by atoms with Gasteiger partial charge in [0.1, 0.15) is 0 Å². The maximum absolute atomic E-state index is 9.87. The minimum Gasteiger partial charge on any atom is -0.392 e. The summed E-state index contributed by atoms with van der Waals surface area (Å²) < 4.78 is 0. The van der Waals surface area contributed by atoms with Crippen LogP contribution >= 0.6 is 0 Å². The first-order valence-corrected chi connectivity index (χ1v) is 7.56. The van der Waals surface area contributed by atoms with Gasteiger partial charge in [-0.25, -0.2) is 0 Å². The van der Waals surface area contributed by atoms with E-state index in [0.29, 0.717) is 24.4 Å². The largest absolute Gasteiger partial charge is 0.392 e. The summed E-state index contributed by atoms with van der Waals surface area (Å²) in [6, 6.07) is 9.18. The first-order chi connectivity index (χ1) is 9.06. The highest BCUT2D eigenvalue weighted by Gasteiger charge is 2.29. The van der Waals surface area contributed by atoms with Crippen molar-refractivity contribution in [3.05, 3.63) is 35.4 Å². The van der Waals surface area contributed by atoms with E-state index >= 15 is 0 Å². The maximum atomic E-state index is 9.87. The topological polar surface area (TPSA) is 32.3 Å². The molecule has 1 fully saturated rings. The minimum absolute atomic E-state index is 0.164. The molecule has 1 aromatic rings. The molecule has 106 valence electrons. The van der Waals surface area contributed by atoms with Crippen molar-refractivity contribution in [2.24, 2.45) is 11.8 Å². The van der Waals surface area contributed by atoms with Gasteiger partial charge in [-0.05, 0) is 49.1 Å². The summed E-state index contributed by atoms with van der Waals surface area (Å²) in [6.07, 6.45) is 3.37. The molecule has 0 aliphatic heterocycles. The molecule has 2 N–H and O–H groups in total. The zero-order valence-corrected chi connectivity index (χ0v) is 12.4. The van der Waals surface area contributed by atoms with Gasteiger partial charge >= 0.3 is 0 Å². The number of aliphatic hydroxyl groups excluding tert-OH is 1. The van der Waals surface area contributed by atoms with E-state index in [1.807, 2.05) is 0 Å². The van der Waals surface area contributed by atoms with Gasteiger partial charge in [0.2, 0.25) is 0 Å². The van der Waals surface area contributed by atoms with E-state index in [0.717, 1.165) is 6.42 Å². The molecule has 0 radical (unpaired) electrons. The Balaban J connectivity index is 1.82. The lowest BCUT2D eigenvalue weighted by atomic mass is 10.00. The van der Waals surface area contributed by atoms with Crippen molar-refractivity contribution in [2.45, 2.75) is 52.2 Å². The van der Waals surface area contributed by atoms with Crippen LogP contribution in [-0.4, -0.2) is 17.8 Å². The Kier molecular flexibility index (Phi) is 5.00. The fourth-order valence-electron chi connectivity index (χ4n) is 2.48. The molecule has 2 heteroatoms. The fourth-order valence-corrected chi connectivity index (χ4v) is 2.48. The van der Waals surface area contributed by atoms with E-state index in [1.54, 1.807) is 0 Å². The summed E-state index contributed by atoms with van der Waals surface area (Å²) in [6.45, 7) is 7.37. The summed E-state index contributed by atoms with van der Waals surface area (Å²) in [5.41, 5.74) is 2.71. The van der Waals surface area contributed by atoms with Gasteiger partial charge in [0, 0.05) is 12.6 Å². The van der Waals surface area contributed by atoms with Gasteiger partial charge in [-0.3, -0.25) is 0 Å². The molecule has 1 aromatic carbocycles. The number of rotatable bonds is 7. The van der Waals surface area contributed by atoms with Crippen LogP contribution in [0.1, 0.15) is 50.8 Å². The van der Waals surface area contributed by atoms with Gasteiger partial charge in [-0.1, -0.05) is 38.1 Å². The van der Waals surface area contributed by atoms with Gasteiger partial charge in [0.05, 0.1) is 6.10 Å². The van der Waals surface area contributed by atoms with E-state index in [4.69, 9.17) is 0 Å². The highest BCUT2D eigenvalue weighted by atomic mass is 16.3. The van der Waals surface area contributed by atoms with Crippen LogP contribution in [0.15, 0.2) is 24.3 Å². The van der Waals surface area contributed by atoms with Crippen LogP contribution in [0.4, 0.5) is 0 Å². The van der Waals surface area contributed by atoms with Crippen molar-refractivity contribution < 1.29 is 5.11 Å². The molecule has 0 aromatic heterocycles. The zero-order valence-electron chi connectivity index (χ0n) is 12.4. The summed E-state index contributed by atoms with van der Waals surface area (Å²) in [4.78, 5) is 0. The SMILES string of the molecule is CC(C)Cc1ccc(C(C)NCC(O)C2CC2)cc1. The highest BCUT2D eigenvalue weighted by molar-refractivity contribution is 5.25. The zero-order chi connectivity index (χ0) is 13.8. The average molecular weight is 261 g/mol. The first-order valence-electron chi connectivity index (χ1n) is 7.56. The van der Waals surface area contributed by atoms with Crippen molar-refractivity contribution in [3.8, 4) is 0 Å². The monoisotopic (exact) mass is 261 g/mol. The summed E-state index contributed by atoms with van der Waals surface area (Å²) in [5.74, 6) is 1.25. The Bertz CT molecular complexity index is 381. The molecular weight excluding hydrogens is 234 g/mol. The second-order valence-electron chi connectivity index (χ2n) is 6.37. The number of nitrogens with one attached hydrogen (secondary N) is 1. The van der Waals surface area contributed by atoms with E-state index in [1.165, 1.54) is 24.0 Å². The average Bonchev–Trinajstić information content (AvgIpc) is 3.20. The molecule has 2 rings (SSSR count). The van der Waals surface area contributed by atoms with E-state index < -0.39 is 0 Å². The Morgan fingerprint density at radius 2 is 1.79 bits per heavy atom. The van der Waals surface area contributed by atoms with Gasteiger partial charge in [0.15, 0.2) is 0 Å². The molecule has 0 bridgehead atoms. The van der Waals surface area contributed by atoms with Crippen molar-refractivity contribution in [3.63, 3.8) is 0 Å². The predicted molar refractivity (Wildman–Crippen MR) is 80.1 cm³/mol. The molecule has 0 spiro atoms. The number of aliphatic hydroxyl groups is 1. The van der Waals surface area contributed by atoms with Gasteiger partial charge in [0.25, 0.3) is 0 Å².